The van der Waals surface area contributed by atoms with Crippen molar-refractivity contribution in [2.45, 2.75) is 12.5 Å². The summed E-state index contributed by atoms with van der Waals surface area (Å²) in [6.45, 7) is 0. The molecule has 0 bridgehead atoms. The van der Waals surface area contributed by atoms with Crippen LogP contribution in [-0.2, 0) is 11.2 Å². The topological polar surface area (TPSA) is 56.0 Å². The first-order valence-electron chi connectivity index (χ1n) is 2.91. The zero-order valence-corrected chi connectivity index (χ0v) is 6.17. The van der Waals surface area contributed by atoms with Gasteiger partial charge in [0.1, 0.15) is 6.29 Å². The Bertz CT molecular complexity index is 198. The Morgan fingerprint density at radius 2 is 2.70 bits per heavy atom. The lowest BCUT2D eigenvalue weighted by atomic mass is 10.2. The Balaban J connectivity index is 2.47. The van der Waals surface area contributed by atoms with Crippen LogP contribution >= 0.6 is 11.3 Å². The lowest BCUT2D eigenvalue weighted by molar-refractivity contribution is -0.108. The molecular weight excluding hydrogens is 148 g/mol. The summed E-state index contributed by atoms with van der Waals surface area (Å²) in [7, 11) is 0. The van der Waals surface area contributed by atoms with Gasteiger partial charge in [-0.1, -0.05) is 0 Å². The zero-order valence-electron chi connectivity index (χ0n) is 5.36. The molecule has 54 valence electrons. The van der Waals surface area contributed by atoms with Crippen molar-refractivity contribution >= 4 is 17.6 Å². The number of hydrogen-bond donors (Lipinski definition) is 1. The third-order valence-electron chi connectivity index (χ3n) is 1.10. The maximum absolute atomic E-state index is 10.1. The van der Waals surface area contributed by atoms with Gasteiger partial charge >= 0.3 is 0 Å². The number of carbonyl (C=O) groups excluding carboxylic acids is 1. The average molecular weight is 156 g/mol. The molecular formula is C6H8N2OS. The Morgan fingerprint density at radius 3 is 3.20 bits per heavy atom. The largest absolute Gasteiger partial charge is 0.321 e. The van der Waals surface area contributed by atoms with Crippen molar-refractivity contribution in [1.82, 2.24) is 4.98 Å². The van der Waals surface area contributed by atoms with E-state index in [-0.39, 0.29) is 0 Å². The molecule has 1 unspecified atom stereocenters. The van der Waals surface area contributed by atoms with Crippen molar-refractivity contribution in [3.8, 4) is 0 Å². The highest BCUT2D eigenvalue weighted by Crippen LogP contribution is 2.01. The summed E-state index contributed by atoms with van der Waals surface area (Å²) in [5.41, 5.74) is 7.98. The van der Waals surface area contributed by atoms with Gasteiger partial charge in [0.05, 0.1) is 17.2 Å². The number of aldehydes is 1. The predicted octanol–water partition coefficient (Wildman–Crippen LogP) is 0.212. The monoisotopic (exact) mass is 156 g/mol. The lowest BCUT2D eigenvalue weighted by Gasteiger charge is -1.97. The number of nitrogens with two attached hydrogens (primary N) is 1. The number of rotatable bonds is 3. The van der Waals surface area contributed by atoms with Crippen LogP contribution in [0.4, 0.5) is 0 Å². The highest BCUT2D eigenvalue weighted by molar-refractivity contribution is 7.07. The van der Waals surface area contributed by atoms with Crippen molar-refractivity contribution in [2.75, 3.05) is 0 Å². The summed E-state index contributed by atoms with van der Waals surface area (Å²) in [6.07, 6.45) is 1.28. The molecule has 0 aliphatic rings. The zero-order chi connectivity index (χ0) is 7.40. The van der Waals surface area contributed by atoms with E-state index in [2.05, 4.69) is 4.98 Å². The first-order valence-corrected chi connectivity index (χ1v) is 3.85. The molecule has 0 spiro atoms. The number of thiazole rings is 1. The molecule has 0 aromatic carbocycles. The number of hydrogen-bond acceptors (Lipinski definition) is 4. The molecule has 4 heteroatoms. The highest BCUT2D eigenvalue weighted by Gasteiger charge is 2.02. The van der Waals surface area contributed by atoms with Crippen molar-refractivity contribution in [3.63, 3.8) is 0 Å². The molecule has 0 aliphatic heterocycles. The third-order valence-corrected chi connectivity index (χ3v) is 1.74. The van der Waals surface area contributed by atoms with Gasteiger partial charge in [0.2, 0.25) is 0 Å². The van der Waals surface area contributed by atoms with Gasteiger partial charge < -0.3 is 10.5 Å². The van der Waals surface area contributed by atoms with Gasteiger partial charge in [-0.25, -0.2) is 4.98 Å². The number of carbonyl (C=O) groups is 1. The SMILES string of the molecule is NC(C=O)Cc1cscn1. The molecule has 0 aliphatic carbocycles. The van der Waals surface area contributed by atoms with E-state index in [1.807, 2.05) is 5.38 Å². The number of nitrogens with zero attached hydrogens (tertiary/aromatic N) is 1. The number of aromatic nitrogens is 1. The van der Waals surface area contributed by atoms with Crippen molar-refractivity contribution in [3.05, 3.63) is 16.6 Å². The Kier molecular flexibility index (Phi) is 2.53. The minimum atomic E-state index is -0.401. The first-order chi connectivity index (χ1) is 4.83. The van der Waals surface area contributed by atoms with Crippen LogP contribution in [-0.4, -0.2) is 17.3 Å². The van der Waals surface area contributed by atoms with Gasteiger partial charge in [-0.05, 0) is 0 Å². The second-order valence-corrected chi connectivity index (χ2v) is 2.70. The first kappa shape index (κ1) is 7.37. The van der Waals surface area contributed by atoms with Crippen LogP contribution in [0.2, 0.25) is 0 Å². The van der Waals surface area contributed by atoms with Gasteiger partial charge in [0.25, 0.3) is 0 Å². The Morgan fingerprint density at radius 1 is 1.90 bits per heavy atom. The summed E-state index contributed by atoms with van der Waals surface area (Å²) >= 11 is 1.51. The van der Waals surface area contributed by atoms with E-state index in [0.717, 1.165) is 12.0 Å². The molecule has 1 heterocycles. The van der Waals surface area contributed by atoms with Gasteiger partial charge in [0, 0.05) is 11.8 Å². The van der Waals surface area contributed by atoms with Crippen LogP contribution in [0.25, 0.3) is 0 Å². The quantitative estimate of drug-likeness (QED) is 0.636. The fourth-order valence-electron chi connectivity index (χ4n) is 0.628. The van der Waals surface area contributed by atoms with Gasteiger partial charge in [-0.15, -0.1) is 11.3 Å². The van der Waals surface area contributed by atoms with Crippen LogP contribution in [0.5, 0.6) is 0 Å². The van der Waals surface area contributed by atoms with Gasteiger partial charge in [-0.3, -0.25) is 0 Å². The summed E-state index contributed by atoms with van der Waals surface area (Å²) in [5, 5.41) is 1.89. The van der Waals surface area contributed by atoms with E-state index >= 15 is 0 Å². The van der Waals surface area contributed by atoms with Crippen LogP contribution < -0.4 is 5.73 Å². The summed E-state index contributed by atoms with van der Waals surface area (Å²) in [6, 6.07) is -0.401. The minimum Gasteiger partial charge on any atom is -0.321 e. The lowest BCUT2D eigenvalue weighted by Crippen LogP contribution is -2.24. The van der Waals surface area contributed by atoms with Crippen molar-refractivity contribution < 1.29 is 4.79 Å². The van der Waals surface area contributed by atoms with Gasteiger partial charge in [0.15, 0.2) is 0 Å². The molecule has 1 atom stereocenters. The van der Waals surface area contributed by atoms with Crippen LogP contribution in [0.3, 0.4) is 0 Å². The Labute approximate surface area is 62.9 Å². The molecule has 10 heavy (non-hydrogen) atoms. The normalized spacial score (nSPS) is 12.9. The second-order valence-electron chi connectivity index (χ2n) is 1.98. The molecule has 0 fully saturated rings. The summed E-state index contributed by atoms with van der Waals surface area (Å²) in [4.78, 5) is 14.1. The smallest absolute Gasteiger partial charge is 0.137 e. The fourth-order valence-corrected chi connectivity index (χ4v) is 1.20. The minimum absolute atomic E-state index is 0.401. The molecule has 1 aromatic heterocycles. The Hall–Kier alpha value is -0.740. The van der Waals surface area contributed by atoms with E-state index < -0.39 is 6.04 Å². The molecule has 0 amide bonds. The van der Waals surface area contributed by atoms with E-state index in [4.69, 9.17) is 5.73 Å². The maximum atomic E-state index is 10.1. The maximum Gasteiger partial charge on any atom is 0.137 e. The molecule has 0 radical (unpaired) electrons. The third kappa shape index (κ3) is 1.89. The molecule has 0 saturated carbocycles. The van der Waals surface area contributed by atoms with Crippen molar-refractivity contribution in [1.29, 1.82) is 0 Å². The highest BCUT2D eigenvalue weighted by atomic mass is 32.1. The molecule has 3 nitrogen and oxygen atoms in total. The average Bonchev–Trinajstić information content (AvgIpc) is 2.40. The summed E-state index contributed by atoms with van der Waals surface area (Å²) in [5.74, 6) is 0. The van der Waals surface area contributed by atoms with Crippen LogP contribution in [0.1, 0.15) is 5.69 Å². The van der Waals surface area contributed by atoms with E-state index in [1.165, 1.54) is 11.3 Å². The van der Waals surface area contributed by atoms with E-state index in [0.29, 0.717) is 6.42 Å². The second kappa shape index (κ2) is 3.43. The molecule has 2 N–H and O–H groups in total. The van der Waals surface area contributed by atoms with Crippen LogP contribution in [0, 0.1) is 0 Å². The predicted molar refractivity (Wildman–Crippen MR) is 39.9 cm³/mol. The standard InChI is InChI=1S/C6H8N2OS/c7-5(2-9)1-6-3-10-4-8-6/h2-5H,1,7H2. The van der Waals surface area contributed by atoms with Crippen molar-refractivity contribution in [2.24, 2.45) is 5.73 Å². The van der Waals surface area contributed by atoms with Crippen LogP contribution in [0.15, 0.2) is 10.9 Å². The van der Waals surface area contributed by atoms with Gasteiger partial charge in [-0.2, -0.15) is 0 Å². The van der Waals surface area contributed by atoms with E-state index in [1.54, 1.807) is 5.51 Å². The van der Waals surface area contributed by atoms with E-state index in [9.17, 15) is 4.79 Å². The fraction of sp³-hybridized carbons (Fsp3) is 0.333. The molecule has 1 rings (SSSR count). The molecule has 1 aromatic rings. The molecule has 0 saturated heterocycles. The summed E-state index contributed by atoms with van der Waals surface area (Å²) < 4.78 is 0.